The molecule has 0 aromatic heterocycles. The summed E-state index contributed by atoms with van der Waals surface area (Å²) in [6, 6.07) is 15.1. The first-order valence-corrected chi connectivity index (χ1v) is 13.0. The first-order valence-electron chi connectivity index (χ1n) is 12.3. The molecule has 188 valence electrons. The zero-order chi connectivity index (χ0) is 25.2. The van der Waals surface area contributed by atoms with Gasteiger partial charge in [0.1, 0.15) is 0 Å². The fourth-order valence-electron chi connectivity index (χ4n) is 5.31. The normalized spacial score (nSPS) is 23.7. The molecule has 2 saturated heterocycles. The summed E-state index contributed by atoms with van der Waals surface area (Å²) in [5, 5.41) is 7.90. The first kappa shape index (κ1) is 26.0. The van der Waals surface area contributed by atoms with Gasteiger partial charge in [-0.25, -0.2) is 0 Å². The van der Waals surface area contributed by atoms with Gasteiger partial charge in [-0.15, -0.1) is 0 Å². The molecule has 6 nitrogen and oxygen atoms in total. The molecule has 0 radical (unpaired) electrons. The zero-order valence-electron chi connectivity index (χ0n) is 20.6. The van der Waals surface area contributed by atoms with Crippen LogP contribution in [0.15, 0.2) is 48.5 Å². The predicted octanol–water partition coefficient (Wildman–Crippen LogP) is 4.67. The summed E-state index contributed by atoms with van der Waals surface area (Å²) in [5.74, 6) is -0.113. The highest BCUT2D eigenvalue weighted by Gasteiger charge is 2.44. The van der Waals surface area contributed by atoms with Crippen molar-refractivity contribution in [3.8, 4) is 0 Å². The van der Waals surface area contributed by atoms with Gasteiger partial charge in [-0.05, 0) is 56.5 Å². The van der Waals surface area contributed by atoms with Gasteiger partial charge < -0.3 is 15.5 Å². The standard InChI is InChI=1S/C27H34Cl2N4O2/c1-4-23(18-8-7-9-20(28)12-18)31-26(35)19-13-21(15-30-14-19)33-16-25(34)32(17-27(33,2)3)24-11-6-5-10-22(24)29/h5-12,19,21,23,30H,4,13-17H2,1-3H3,(H,31,35)/t19-,21+,23+/m0/s1. The molecule has 2 aliphatic rings. The predicted molar refractivity (Wildman–Crippen MR) is 142 cm³/mol. The van der Waals surface area contributed by atoms with Crippen molar-refractivity contribution in [3.63, 3.8) is 0 Å². The molecular formula is C27H34Cl2N4O2. The summed E-state index contributed by atoms with van der Waals surface area (Å²) in [7, 11) is 0. The monoisotopic (exact) mass is 516 g/mol. The Morgan fingerprint density at radius 3 is 2.66 bits per heavy atom. The highest BCUT2D eigenvalue weighted by Crippen LogP contribution is 2.34. The number of anilines is 1. The third kappa shape index (κ3) is 5.83. The second-order valence-electron chi connectivity index (χ2n) is 10.1. The number of para-hydroxylation sites is 1. The number of nitrogens with one attached hydrogen (secondary N) is 2. The third-order valence-corrected chi connectivity index (χ3v) is 7.74. The van der Waals surface area contributed by atoms with Crippen molar-refractivity contribution >= 4 is 40.7 Å². The van der Waals surface area contributed by atoms with E-state index in [4.69, 9.17) is 23.2 Å². The van der Waals surface area contributed by atoms with E-state index in [9.17, 15) is 9.59 Å². The Bertz CT molecular complexity index is 1080. The van der Waals surface area contributed by atoms with E-state index >= 15 is 0 Å². The van der Waals surface area contributed by atoms with Crippen LogP contribution < -0.4 is 15.5 Å². The number of nitrogens with zero attached hydrogens (tertiary/aromatic N) is 2. The van der Waals surface area contributed by atoms with Crippen molar-refractivity contribution in [2.75, 3.05) is 31.1 Å². The molecule has 0 spiro atoms. The molecule has 2 aliphatic heterocycles. The van der Waals surface area contributed by atoms with Crippen LogP contribution in [0.3, 0.4) is 0 Å². The van der Waals surface area contributed by atoms with E-state index in [2.05, 4.69) is 36.3 Å². The van der Waals surface area contributed by atoms with Crippen molar-refractivity contribution in [3.05, 3.63) is 64.1 Å². The maximum Gasteiger partial charge on any atom is 0.241 e. The molecule has 2 aromatic carbocycles. The van der Waals surface area contributed by atoms with Crippen molar-refractivity contribution in [1.29, 1.82) is 0 Å². The quantitative estimate of drug-likeness (QED) is 0.585. The Hall–Kier alpha value is -2.12. The Morgan fingerprint density at radius 1 is 1.17 bits per heavy atom. The van der Waals surface area contributed by atoms with E-state index < -0.39 is 0 Å². The van der Waals surface area contributed by atoms with Crippen LogP contribution in [0.2, 0.25) is 10.0 Å². The van der Waals surface area contributed by atoms with Crippen LogP contribution in [0.4, 0.5) is 5.69 Å². The van der Waals surface area contributed by atoms with Gasteiger partial charge >= 0.3 is 0 Å². The lowest BCUT2D eigenvalue weighted by molar-refractivity contribution is -0.129. The molecule has 2 N–H and O–H groups in total. The molecule has 35 heavy (non-hydrogen) atoms. The number of halogens is 2. The number of rotatable bonds is 6. The minimum atomic E-state index is -0.273. The van der Waals surface area contributed by atoms with Crippen LogP contribution in [0.1, 0.15) is 45.2 Å². The molecule has 0 saturated carbocycles. The maximum absolute atomic E-state index is 13.3. The molecule has 2 amide bonds. The minimum Gasteiger partial charge on any atom is -0.349 e. The van der Waals surface area contributed by atoms with Gasteiger partial charge in [0.05, 0.1) is 29.2 Å². The highest BCUT2D eigenvalue weighted by molar-refractivity contribution is 6.33. The van der Waals surface area contributed by atoms with Crippen LogP contribution in [-0.4, -0.2) is 54.5 Å². The highest BCUT2D eigenvalue weighted by atomic mass is 35.5. The number of hydrogen-bond acceptors (Lipinski definition) is 4. The second-order valence-corrected chi connectivity index (χ2v) is 11.0. The van der Waals surface area contributed by atoms with Crippen molar-refractivity contribution < 1.29 is 9.59 Å². The summed E-state index contributed by atoms with van der Waals surface area (Å²) in [6.45, 7) is 8.56. The fraction of sp³-hybridized carbons (Fsp3) is 0.481. The molecule has 4 rings (SSSR count). The summed E-state index contributed by atoms with van der Waals surface area (Å²) in [5.41, 5.74) is 1.48. The SMILES string of the molecule is CC[C@@H](NC(=O)[C@@H]1CNC[C@H](N2CC(=O)N(c3ccccc3Cl)CC2(C)C)C1)c1cccc(Cl)c1. The lowest BCUT2D eigenvalue weighted by Crippen LogP contribution is -2.67. The summed E-state index contributed by atoms with van der Waals surface area (Å²) in [6.07, 6.45) is 1.48. The average Bonchev–Trinajstić information content (AvgIpc) is 2.84. The number of carbonyl (C=O) groups excluding carboxylic acids is 2. The average molecular weight is 518 g/mol. The lowest BCUT2D eigenvalue weighted by atomic mass is 9.88. The number of amides is 2. The number of carbonyl (C=O) groups is 2. The molecule has 3 atom stereocenters. The van der Waals surface area contributed by atoms with E-state index in [1.165, 1.54) is 0 Å². The van der Waals surface area contributed by atoms with Crippen LogP contribution in [0.25, 0.3) is 0 Å². The van der Waals surface area contributed by atoms with Crippen LogP contribution in [0, 0.1) is 5.92 Å². The van der Waals surface area contributed by atoms with Gasteiger partial charge in [-0.1, -0.05) is 54.4 Å². The Kier molecular flexibility index (Phi) is 8.06. The number of hydrogen-bond donors (Lipinski definition) is 2. The number of piperidine rings is 1. The maximum atomic E-state index is 13.3. The third-order valence-electron chi connectivity index (χ3n) is 7.19. The Morgan fingerprint density at radius 2 is 1.94 bits per heavy atom. The zero-order valence-corrected chi connectivity index (χ0v) is 22.1. The van der Waals surface area contributed by atoms with E-state index in [0.29, 0.717) is 36.1 Å². The molecule has 0 bridgehead atoms. The Labute approximate surface area is 217 Å². The molecule has 2 aromatic rings. The van der Waals surface area contributed by atoms with Crippen LogP contribution in [-0.2, 0) is 9.59 Å². The van der Waals surface area contributed by atoms with Gasteiger partial charge in [0.2, 0.25) is 11.8 Å². The van der Waals surface area contributed by atoms with Crippen LogP contribution >= 0.6 is 23.2 Å². The molecule has 0 aliphatic carbocycles. The summed E-state index contributed by atoms with van der Waals surface area (Å²) >= 11 is 12.6. The number of piperazine rings is 1. The minimum absolute atomic E-state index is 0.0241. The summed E-state index contributed by atoms with van der Waals surface area (Å²) in [4.78, 5) is 30.5. The van der Waals surface area contributed by atoms with E-state index in [1.807, 2.05) is 48.5 Å². The fourth-order valence-corrected chi connectivity index (χ4v) is 5.75. The molecular weight excluding hydrogens is 483 g/mol. The summed E-state index contributed by atoms with van der Waals surface area (Å²) < 4.78 is 0. The molecule has 2 fully saturated rings. The van der Waals surface area contributed by atoms with E-state index in [-0.39, 0.29) is 35.4 Å². The smallest absolute Gasteiger partial charge is 0.241 e. The topological polar surface area (TPSA) is 64.7 Å². The molecule has 0 unspecified atom stereocenters. The largest absolute Gasteiger partial charge is 0.349 e. The van der Waals surface area contributed by atoms with Gasteiger partial charge in [-0.3, -0.25) is 14.5 Å². The van der Waals surface area contributed by atoms with Crippen molar-refractivity contribution in [2.24, 2.45) is 5.92 Å². The van der Waals surface area contributed by atoms with Gasteiger partial charge in [-0.2, -0.15) is 0 Å². The van der Waals surface area contributed by atoms with Crippen molar-refractivity contribution in [1.82, 2.24) is 15.5 Å². The lowest BCUT2D eigenvalue weighted by Gasteiger charge is -2.51. The van der Waals surface area contributed by atoms with E-state index in [0.717, 1.165) is 24.2 Å². The first-order chi connectivity index (χ1) is 16.7. The van der Waals surface area contributed by atoms with Gasteiger partial charge in [0, 0.05) is 36.2 Å². The second kappa shape index (κ2) is 10.9. The molecule has 2 heterocycles. The van der Waals surface area contributed by atoms with Crippen molar-refractivity contribution in [2.45, 2.75) is 51.2 Å². The van der Waals surface area contributed by atoms with E-state index in [1.54, 1.807) is 4.90 Å². The Balaban J connectivity index is 1.44. The van der Waals surface area contributed by atoms with Gasteiger partial charge in [0.15, 0.2) is 0 Å². The molecule has 8 heteroatoms. The number of benzene rings is 2. The van der Waals surface area contributed by atoms with Crippen LogP contribution in [0.5, 0.6) is 0 Å². The van der Waals surface area contributed by atoms with Gasteiger partial charge in [0.25, 0.3) is 0 Å².